The normalized spacial score (nSPS) is 10.1. The molecule has 0 unspecified atom stereocenters. The van der Waals surface area contributed by atoms with Gasteiger partial charge in [-0.05, 0) is 13.0 Å². The first-order valence-corrected chi connectivity index (χ1v) is 5.19. The third-order valence-corrected chi connectivity index (χ3v) is 2.28. The van der Waals surface area contributed by atoms with Gasteiger partial charge in [0.25, 0.3) is 0 Å². The first-order valence-electron chi connectivity index (χ1n) is 5.19. The van der Waals surface area contributed by atoms with Crippen molar-refractivity contribution in [3.8, 4) is 5.75 Å². The number of carbonyl (C=O) groups is 1. The largest absolute Gasteiger partial charge is 0.508 e. The molecule has 0 saturated heterocycles. The van der Waals surface area contributed by atoms with Crippen molar-refractivity contribution in [2.24, 2.45) is 0 Å². The van der Waals surface area contributed by atoms with Crippen molar-refractivity contribution in [1.82, 2.24) is 5.32 Å². The number of aryl methyl sites for hydroxylation is 1. The SMILES string of the molecule is COC(=O)CCNCc1cc(C)ccc1O. The van der Waals surface area contributed by atoms with E-state index in [1.165, 1.54) is 7.11 Å². The van der Waals surface area contributed by atoms with Crippen molar-refractivity contribution >= 4 is 5.97 Å². The van der Waals surface area contributed by atoms with E-state index in [1.54, 1.807) is 6.07 Å². The third-order valence-electron chi connectivity index (χ3n) is 2.28. The van der Waals surface area contributed by atoms with Gasteiger partial charge < -0.3 is 15.2 Å². The van der Waals surface area contributed by atoms with E-state index in [9.17, 15) is 9.90 Å². The van der Waals surface area contributed by atoms with E-state index in [4.69, 9.17) is 0 Å². The molecule has 0 heterocycles. The van der Waals surface area contributed by atoms with Crippen LogP contribution in [-0.2, 0) is 16.1 Å². The molecule has 0 atom stereocenters. The molecule has 1 rings (SSSR count). The minimum Gasteiger partial charge on any atom is -0.508 e. The first-order chi connectivity index (χ1) is 7.63. The molecular formula is C12H17NO3. The van der Waals surface area contributed by atoms with Crippen LogP contribution in [0.25, 0.3) is 0 Å². The summed E-state index contributed by atoms with van der Waals surface area (Å²) in [4.78, 5) is 10.8. The second-order valence-corrected chi connectivity index (χ2v) is 3.64. The van der Waals surface area contributed by atoms with E-state index in [2.05, 4.69) is 10.1 Å². The molecule has 0 spiro atoms. The fraction of sp³-hybridized carbons (Fsp3) is 0.417. The van der Waals surface area contributed by atoms with Crippen LogP contribution in [0.5, 0.6) is 5.75 Å². The Balaban J connectivity index is 2.37. The van der Waals surface area contributed by atoms with Crippen LogP contribution in [0.4, 0.5) is 0 Å². The van der Waals surface area contributed by atoms with Crippen molar-refractivity contribution in [2.75, 3.05) is 13.7 Å². The Hall–Kier alpha value is -1.55. The van der Waals surface area contributed by atoms with E-state index in [0.717, 1.165) is 11.1 Å². The maximum atomic E-state index is 10.8. The van der Waals surface area contributed by atoms with E-state index >= 15 is 0 Å². The molecule has 0 aliphatic heterocycles. The maximum absolute atomic E-state index is 10.8. The van der Waals surface area contributed by atoms with Crippen LogP contribution in [0, 0.1) is 6.92 Å². The smallest absolute Gasteiger partial charge is 0.306 e. The number of rotatable bonds is 5. The lowest BCUT2D eigenvalue weighted by molar-refractivity contribution is -0.140. The van der Waals surface area contributed by atoms with Gasteiger partial charge in [0.2, 0.25) is 0 Å². The molecule has 0 radical (unpaired) electrons. The molecule has 4 heteroatoms. The Labute approximate surface area is 95.2 Å². The number of phenols is 1. The predicted molar refractivity (Wildman–Crippen MR) is 61.2 cm³/mol. The zero-order valence-electron chi connectivity index (χ0n) is 9.62. The van der Waals surface area contributed by atoms with Crippen LogP contribution >= 0.6 is 0 Å². The Bertz CT molecular complexity index is 363. The maximum Gasteiger partial charge on any atom is 0.306 e. The van der Waals surface area contributed by atoms with Crippen LogP contribution in [0.1, 0.15) is 17.5 Å². The predicted octanol–water partition coefficient (Wildman–Crippen LogP) is 1.35. The van der Waals surface area contributed by atoms with E-state index in [-0.39, 0.29) is 11.7 Å². The number of phenolic OH excluding ortho intramolecular Hbond substituents is 1. The minimum atomic E-state index is -0.235. The molecule has 0 bridgehead atoms. The summed E-state index contributed by atoms with van der Waals surface area (Å²) < 4.78 is 4.52. The molecule has 88 valence electrons. The molecule has 1 aromatic rings. The first kappa shape index (κ1) is 12.5. The summed E-state index contributed by atoms with van der Waals surface area (Å²) in [5, 5.41) is 12.6. The van der Waals surface area contributed by atoms with Crippen LogP contribution in [-0.4, -0.2) is 24.7 Å². The molecule has 1 aromatic carbocycles. The van der Waals surface area contributed by atoms with Gasteiger partial charge in [0.1, 0.15) is 5.75 Å². The number of esters is 1. The summed E-state index contributed by atoms with van der Waals surface area (Å²) in [7, 11) is 1.37. The number of benzene rings is 1. The molecule has 2 N–H and O–H groups in total. The Kier molecular flexibility index (Phi) is 4.79. The molecule has 0 saturated carbocycles. The standard InChI is InChI=1S/C12H17NO3/c1-9-3-4-11(14)10(7-9)8-13-6-5-12(15)16-2/h3-4,7,13-14H,5-6,8H2,1-2H3. The summed E-state index contributed by atoms with van der Waals surface area (Å²) in [5.74, 6) is 0.0390. The molecule has 0 aliphatic rings. The third kappa shape index (κ3) is 3.90. The second-order valence-electron chi connectivity index (χ2n) is 3.64. The Morgan fingerprint density at radius 2 is 2.25 bits per heavy atom. The van der Waals surface area contributed by atoms with Gasteiger partial charge in [0.15, 0.2) is 0 Å². The number of hydrogen-bond acceptors (Lipinski definition) is 4. The lowest BCUT2D eigenvalue weighted by Gasteiger charge is -2.07. The Morgan fingerprint density at radius 1 is 1.50 bits per heavy atom. The van der Waals surface area contributed by atoms with E-state index in [1.807, 2.05) is 19.1 Å². The fourth-order valence-corrected chi connectivity index (χ4v) is 1.37. The minimum absolute atomic E-state index is 0.235. The summed E-state index contributed by atoms with van der Waals surface area (Å²) in [6.45, 7) is 3.06. The van der Waals surface area contributed by atoms with Gasteiger partial charge in [-0.3, -0.25) is 4.79 Å². The van der Waals surface area contributed by atoms with Crippen LogP contribution in [0.3, 0.4) is 0 Å². The summed E-state index contributed by atoms with van der Waals surface area (Å²) in [6, 6.07) is 5.44. The molecule has 16 heavy (non-hydrogen) atoms. The highest BCUT2D eigenvalue weighted by Gasteiger charge is 2.02. The quantitative estimate of drug-likeness (QED) is 0.584. The number of methoxy groups -OCH3 is 1. The van der Waals surface area contributed by atoms with Crippen molar-refractivity contribution in [3.05, 3.63) is 29.3 Å². The van der Waals surface area contributed by atoms with Gasteiger partial charge in [-0.2, -0.15) is 0 Å². The van der Waals surface area contributed by atoms with Crippen LogP contribution in [0.2, 0.25) is 0 Å². The topological polar surface area (TPSA) is 58.6 Å². The van der Waals surface area contributed by atoms with Gasteiger partial charge in [-0.15, -0.1) is 0 Å². The van der Waals surface area contributed by atoms with Gasteiger partial charge in [0, 0.05) is 18.7 Å². The Morgan fingerprint density at radius 3 is 2.94 bits per heavy atom. The van der Waals surface area contributed by atoms with Crippen LogP contribution < -0.4 is 5.32 Å². The molecule has 0 fully saturated rings. The number of carbonyl (C=O) groups excluding carboxylic acids is 1. The highest BCUT2D eigenvalue weighted by molar-refractivity contribution is 5.69. The average Bonchev–Trinajstić information content (AvgIpc) is 2.28. The van der Waals surface area contributed by atoms with Crippen LogP contribution in [0.15, 0.2) is 18.2 Å². The van der Waals surface area contributed by atoms with Gasteiger partial charge in [-0.1, -0.05) is 17.7 Å². The van der Waals surface area contributed by atoms with Crippen molar-refractivity contribution in [3.63, 3.8) is 0 Å². The molecular weight excluding hydrogens is 206 g/mol. The van der Waals surface area contributed by atoms with Crippen molar-refractivity contribution < 1.29 is 14.6 Å². The monoisotopic (exact) mass is 223 g/mol. The fourth-order valence-electron chi connectivity index (χ4n) is 1.37. The summed E-state index contributed by atoms with van der Waals surface area (Å²) in [6.07, 6.45) is 0.336. The van der Waals surface area contributed by atoms with Crippen molar-refractivity contribution in [2.45, 2.75) is 19.9 Å². The summed E-state index contributed by atoms with van der Waals surface area (Å²) in [5.41, 5.74) is 1.94. The number of hydrogen-bond donors (Lipinski definition) is 2. The molecule has 0 aromatic heterocycles. The average molecular weight is 223 g/mol. The zero-order chi connectivity index (χ0) is 12.0. The highest BCUT2D eigenvalue weighted by Crippen LogP contribution is 2.17. The van der Waals surface area contributed by atoms with Crippen molar-refractivity contribution in [1.29, 1.82) is 0 Å². The molecule has 4 nitrogen and oxygen atoms in total. The van der Waals surface area contributed by atoms with Gasteiger partial charge >= 0.3 is 5.97 Å². The van der Waals surface area contributed by atoms with Gasteiger partial charge in [-0.25, -0.2) is 0 Å². The number of aromatic hydroxyl groups is 1. The van der Waals surface area contributed by atoms with E-state index < -0.39 is 0 Å². The molecule has 0 amide bonds. The number of nitrogens with one attached hydrogen (secondary N) is 1. The highest BCUT2D eigenvalue weighted by atomic mass is 16.5. The van der Waals surface area contributed by atoms with Gasteiger partial charge in [0.05, 0.1) is 13.5 Å². The zero-order valence-corrected chi connectivity index (χ0v) is 9.62. The lowest BCUT2D eigenvalue weighted by Crippen LogP contribution is -2.18. The molecule has 0 aliphatic carbocycles. The lowest BCUT2D eigenvalue weighted by atomic mass is 10.1. The second kappa shape index (κ2) is 6.12. The number of ether oxygens (including phenoxy) is 1. The van der Waals surface area contributed by atoms with E-state index in [0.29, 0.717) is 19.5 Å². The summed E-state index contributed by atoms with van der Waals surface area (Å²) >= 11 is 0.